The molecule has 0 heterocycles. The van der Waals surface area contributed by atoms with E-state index in [0.29, 0.717) is 25.7 Å². The van der Waals surface area contributed by atoms with Crippen LogP contribution in [0.4, 0.5) is 0 Å². The number of nitriles is 1. The fraction of sp³-hybridized carbons (Fsp3) is 0.833. The van der Waals surface area contributed by atoms with E-state index in [1.54, 1.807) is 0 Å². The van der Waals surface area contributed by atoms with E-state index in [1.165, 1.54) is 0 Å². The second-order valence-electron chi connectivity index (χ2n) is 11.3. The van der Waals surface area contributed by atoms with E-state index in [1.807, 2.05) is 13.8 Å². The van der Waals surface area contributed by atoms with Crippen LogP contribution < -0.4 is 0 Å². The number of Topliss-reactive ketones (excluding diaryl/α,β-unsaturated/α-hetero) is 1. The summed E-state index contributed by atoms with van der Waals surface area (Å²) >= 11 is 0. The first-order chi connectivity index (χ1) is 14.8. The van der Waals surface area contributed by atoms with E-state index in [9.17, 15) is 35.0 Å². The van der Waals surface area contributed by atoms with Crippen LogP contribution >= 0.6 is 0 Å². The lowest BCUT2D eigenvalue weighted by atomic mass is 9.37. The normalized spacial score (nSPS) is 50.0. The van der Waals surface area contributed by atoms with Gasteiger partial charge in [-0.1, -0.05) is 13.8 Å². The van der Waals surface area contributed by atoms with Crippen LogP contribution in [0.15, 0.2) is 0 Å². The van der Waals surface area contributed by atoms with Gasteiger partial charge in [0, 0.05) is 24.7 Å². The van der Waals surface area contributed by atoms with Gasteiger partial charge in [0.1, 0.15) is 5.78 Å². The van der Waals surface area contributed by atoms with Crippen molar-refractivity contribution in [1.29, 1.82) is 5.26 Å². The second-order valence-corrected chi connectivity index (χ2v) is 11.3. The number of aliphatic hydroxyl groups excluding tert-OH is 1. The molecule has 0 aromatic rings. The predicted octanol–water partition coefficient (Wildman–Crippen LogP) is 2.37. The molecule has 8 nitrogen and oxygen atoms in total. The van der Waals surface area contributed by atoms with Gasteiger partial charge in [-0.15, -0.1) is 0 Å². The van der Waals surface area contributed by atoms with Gasteiger partial charge in [0.05, 0.1) is 29.1 Å². The molecule has 0 aliphatic heterocycles. The maximum atomic E-state index is 12.5. The molecule has 176 valence electrons. The maximum Gasteiger partial charge on any atom is 0.306 e. The summed E-state index contributed by atoms with van der Waals surface area (Å²) in [5, 5.41) is 52.6. The molecule has 9 atom stereocenters. The number of aliphatic carboxylic acids is 2. The Morgan fingerprint density at radius 2 is 1.84 bits per heavy atom. The van der Waals surface area contributed by atoms with Crippen molar-refractivity contribution in [1.82, 2.24) is 0 Å². The van der Waals surface area contributed by atoms with Gasteiger partial charge in [0.15, 0.2) is 0 Å². The van der Waals surface area contributed by atoms with Crippen molar-refractivity contribution in [2.24, 2.45) is 39.9 Å². The molecule has 4 N–H and O–H groups in total. The largest absolute Gasteiger partial charge is 0.481 e. The molecule has 0 amide bonds. The van der Waals surface area contributed by atoms with Gasteiger partial charge in [0.2, 0.25) is 0 Å². The molecule has 4 saturated carbocycles. The van der Waals surface area contributed by atoms with E-state index in [4.69, 9.17) is 5.11 Å². The number of fused-ring (bicyclic) bond motifs is 5. The van der Waals surface area contributed by atoms with Crippen molar-refractivity contribution in [3.05, 3.63) is 0 Å². The fourth-order valence-electron chi connectivity index (χ4n) is 8.51. The van der Waals surface area contributed by atoms with E-state index >= 15 is 0 Å². The zero-order valence-electron chi connectivity index (χ0n) is 18.7. The summed E-state index contributed by atoms with van der Waals surface area (Å²) in [6, 6.07) is 2.34. The number of aliphatic hydroxyl groups is 2. The molecule has 8 heteroatoms. The molecule has 0 radical (unpaired) electrons. The highest BCUT2D eigenvalue weighted by Gasteiger charge is 2.72. The lowest BCUT2D eigenvalue weighted by molar-refractivity contribution is -0.227. The van der Waals surface area contributed by atoms with Gasteiger partial charge in [-0.3, -0.25) is 14.4 Å². The highest BCUT2D eigenvalue weighted by Crippen LogP contribution is 2.72. The molecule has 0 spiro atoms. The first kappa shape index (κ1) is 23.2. The quantitative estimate of drug-likeness (QED) is 0.512. The lowest BCUT2D eigenvalue weighted by Gasteiger charge is -2.66. The Hall–Kier alpha value is -1.98. The summed E-state index contributed by atoms with van der Waals surface area (Å²) in [6.45, 7) is 3.81. The Morgan fingerprint density at radius 1 is 1.16 bits per heavy atom. The molecule has 32 heavy (non-hydrogen) atoms. The molecule has 4 rings (SSSR count). The molecule has 4 aliphatic rings. The minimum atomic E-state index is -1.29. The number of hydrogen-bond donors (Lipinski definition) is 4. The summed E-state index contributed by atoms with van der Waals surface area (Å²) in [6.07, 6.45) is 0.916. The minimum absolute atomic E-state index is 0.0181. The van der Waals surface area contributed by atoms with E-state index in [0.717, 1.165) is 0 Å². The smallest absolute Gasteiger partial charge is 0.306 e. The van der Waals surface area contributed by atoms with Gasteiger partial charge >= 0.3 is 11.9 Å². The highest BCUT2D eigenvalue weighted by atomic mass is 16.4. The average molecular weight is 448 g/mol. The van der Waals surface area contributed by atoms with Gasteiger partial charge < -0.3 is 20.4 Å². The van der Waals surface area contributed by atoms with E-state index in [-0.39, 0.29) is 43.8 Å². The number of rotatable bonds is 4. The molecule has 0 bridgehead atoms. The monoisotopic (exact) mass is 447 g/mol. The molecular formula is C24H33NO7. The third-order valence-corrected chi connectivity index (χ3v) is 10.2. The number of carboxylic acids is 2. The van der Waals surface area contributed by atoms with E-state index in [2.05, 4.69) is 6.07 Å². The fourth-order valence-corrected chi connectivity index (χ4v) is 8.51. The van der Waals surface area contributed by atoms with Crippen molar-refractivity contribution in [2.45, 2.75) is 83.3 Å². The molecule has 4 fully saturated rings. The molecule has 0 unspecified atom stereocenters. The minimum Gasteiger partial charge on any atom is -0.481 e. The van der Waals surface area contributed by atoms with Crippen LogP contribution in [0, 0.1) is 51.2 Å². The van der Waals surface area contributed by atoms with Crippen LogP contribution in [0.5, 0.6) is 0 Å². The Balaban J connectivity index is 1.81. The zero-order valence-corrected chi connectivity index (χ0v) is 18.7. The molecule has 0 saturated heterocycles. The summed E-state index contributed by atoms with van der Waals surface area (Å²) in [4.78, 5) is 36.0. The number of carboxylic acid groups (broad SMARTS) is 2. The van der Waals surface area contributed by atoms with Crippen molar-refractivity contribution >= 4 is 17.7 Å². The Bertz CT molecular complexity index is 897. The Labute approximate surface area is 187 Å². The average Bonchev–Trinajstić information content (AvgIpc) is 2.97. The van der Waals surface area contributed by atoms with Crippen molar-refractivity contribution < 1.29 is 34.8 Å². The summed E-state index contributed by atoms with van der Waals surface area (Å²) < 4.78 is 0. The molecular weight excluding hydrogens is 414 g/mol. The van der Waals surface area contributed by atoms with Gasteiger partial charge in [-0.25, -0.2) is 0 Å². The Kier molecular flexibility index (Phi) is 5.26. The number of nitrogens with zero attached hydrogens (tertiary/aromatic N) is 1. The van der Waals surface area contributed by atoms with Gasteiger partial charge in [-0.2, -0.15) is 5.26 Å². The molecule has 4 aliphatic carbocycles. The zero-order chi connectivity index (χ0) is 23.7. The number of carbonyl (C=O) groups is 3. The summed E-state index contributed by atoms with van der Waals surface area (Å²) in [5.74, 6) is -4.09. The van der Waals surface area contributed by atoms with Crippen LogP contribution in [0.1, 0.15) is 71.6 Å². The van der Waals surface area contributed by atoms with Crippen LogP contribution in [-0.2, 0) is 14.4 Å². The first-order valence-corrected chi connectivity index (χ1v) is 11.6. The van der Waals surface area contributed by atoms with Crippen LogP contribution in [0.25, 0.3) is 0 Å². The predicted molar refractivity (Wildman–Crippen MR) is 111 cm³/mol. The topological polar surface area (TPSA) is 156 Å². The maximum absolute atomic E-state index is 12.5. The number of carbonyl (C=O) groups excluding carboxylic acids is 1. The first-order valence-electron chi connectivity index (χ1n) is 11.6. The van der Waals surface area contributed by atoms with Crippen molar-refractivity contribution in [2.75, 3.05) is 0 Å². The van der Waals surface area contributed by atoms with Gasteiger partial charge in [0.25, 0.3) is 0 Å². The Morgan fingerprint density at radius 3 is 2.44 bits per heavy atom. The third-order valence-electron chi connectivity index (χ3n) is 10.2. The van der Waals surface area contributed by atoms with E-state index < -0.39 is 57.6 Å². The summed E-state index contributed by atoms with van der Waals surface area (Å²) in [7, 11) is 0. The molecule has 0 aromatic carbocycles. The molecule has 0 aromatic heterocycles. The van der Waals surface area contributed by atoms with Crippen LogP contribution in [0.2, 0.25) is 0 Å². The standard InChI is InChI=1S/C24H33NO7/c1-21-6-3-13(26)9-23(21,12-25)10-14(20(30)31)18-15-4-7-24(32,8-5-17(28)29)22(15,2)11-16(27)19(18)21/h14-16,18-19,27,32H,3-11H2,1-2H3,(H,28,29)(H,30,31)/t14-,15+,16-,18+,19+,21-,22+,23+,24-/m1/s1. The number of hydrogen-bond acceptors (Lipinski definition) is 6. The van der Waals surface area contributed by atoms with Crippen molar-refractivity contribution in [3.63, 3.8) is 0 Å². The second kappa shape index (κ2) is 7.26. The van der Waals surface area contributed by atoms with Crippen LogP contribution in [0.3, 0.4) is 0 Å². The lowest BCUT2D eigenvalue weighted by Crippen LogP contribution is -2.67. The summed E-state index contributed by atoms with van der Waals surface area (Å²) in [5.41, 5.74) is -3.93. The third kappa shape index (κ3) is 2.90. The SMILES string of the molecule is C[C@]12C[C@@H](O)[C@H]3[C@@H]([C@H](C(=O)O)C[C@]4(C#N)CC(=O)CC[C@]34C)[C@@H]1CC[C@@]2(O)CCC(=O)O. The van der Waals surface area contributed by atoms with Crippen LogP contribution in [-0.4, -0.2) is 49.9 Å². The van der Waals surface area contributed by atoms with Gasteiger partial charge in [-0.05, 0) is 61.7 Å². The highest BCUT2D eigenvalue weighted by molar-refractivity contribution is 5.81. The van der Waals surface area contributed by atoms with Crippen molar-refractivity contribution in [3.8, 4) is 6.07 Å². The number of ketones is 1.